The van der Waals surface area contributed by atoms with E-state index in [2.05, 4.69) is 20.6 Å². The van der Waals surface area contributed by atoms with Gasteiger partial charge in [0.15, 0.2) is 11.5 Å². The summed E-state index contributed by atoms with van der Waals surface area (Å²) in [5, 5.41) is 16.4. The fourth-order valence-corrected chi connectivity index (χ4v) is 4.80. The van der Waals surface area contributed by atoms with Gasteiger partial charge in [-0.1, -0.05) is 6.92 Å². The smallest absolute Gasteiger partial charge is 0.271 e. The summed E-state index contributed by atoms with van der Waals surface area (Å²) in [6.07, 6.45) is 3.15. The molecule has 1 saturated carbocycles. The highest BCUT2D eigenvalue weighted by atomic mass is 19.3. The van der Waals surface area contributed by atoms with Crippen LogP contribution in [-0.4, -0.2) is 52.1 Å². The first-order chi connectivity index (χ1) is 16.6. The van der Waals surface area contributed by atoms with E-state index in [1.165, 1.54) is 0 Å². The molecule has 190 valence electrons. The summed E-state index contributed by atoms with van der Waals surface area (Å²) in [4.78, 5) is 23.3. The molecule has 0 atom stereocenters. The Morgan fingerprint density at radius 3 is 2.46 bits per heavy atom. The lowest BCUT2D eigenvalue weighted by molar-refractivity contribution is -0.0220. The first-order valence-corrected chi connectivity index (χ1v) is 12.3. The molecule has 35 heavy (non-hydrogen) atoms. The summed E-state index contributed by atoms with van der Waals surface area (Å²) in [7, 11) is 0. The number of aliphatic hydroxyl groups excluding tert-OH is 1. The monoisotopic (exact) mass is 488 g/mol. The highest BCUT2D eigenvalue weighted by Crippen LogP contribution is 2.33. The number of rotatable bonds is 7. The number of nitrogens with two attached hydrogens (primary N) is 1. The molecule has 1 saturated heterocycles. The molecule has 1 aliphatic carbocycles. The van der Waals surface area contributed by atoms with Gasteiger partial charge in [-0.3, -0.25) is 4.79 Å². The Kier molecular flexibility index (Phi) is 7.39. The summed E-state index contributed by atoms with van der Waals surface area (Å²) < 4.78 is 27.1. The van der Waals surface area contributed by atoms with E-state index in [0.29, 0.717) is 36.7 Å². The Hall–Kier alpha value is -3.01. The van der Waals surface area contributed by atoms with Crippen LogP contribution in [0.1, 0.15) is 67.2 Å². The maximum Gasteiger partial charge on any atom is 0.271 e. The van der Waals surface area contributed by atoms with Crippen LogP contribution in [0.3, 0.4) is 0 Å². The number of carbonyl (C=O) groups excluding carboxylic acids is 1. The van der Waals surface area contributed by atoms with Gasteiger partial charge >= 0.3 is 0 Å². The van der Waals surface area contributed by atoms with Crippen LogP contribution in [0, 0.1) is 6.92 Å². The number of aromatic nitrogens is 2. The highest BCUT2D eigenvalue weighted by Gasteiger charge is 2.34. The zero-order valence-corrected chi connectivity index (χ0v) is 20.3. The molecule has 0 bridgehead atoms. The van der Waals surface area contributed by atoms with Crippen molar-refractivity contribution in [1.82, 2.24) is 9.97 Å². The molecular formula is C25H34F2N6O2. The molecule has 2 fully saturated rings. The van der Waals surface area contributed by atoms with Crippen molar-refractivity contribution in [3.8, 4) is 0 Å². The quantitative estimate of drug-likeness (QED) is 0.463. The molecule has 4 rings (SSSR count). The van der Waals surface area contributed by atoms with Gasteiger partial charge in [-0.15, -0.1) is 0 Å². The predicted molar refractivity (Wildman–Crippen MR) is 133 cm³/mol. The van der Waals surface area contributed by atoms with E-state index >= 15 is 0 Å². The van der Waals surface area contributed by atoms with Gasteiger partial charge < -0.3 is 26.4 Å². The second kappa shape index (κ2) is 10.3. The SMILES string of the molecule is CCc1nc(C(N)=O)c(Nc2ccc(N3CCC(F)(F)CC3)c(C)c2)nc1NC1CCC(O)CC1. The lowest BCUT2D eigenvalue weighted by atomic mass is 9.93. The van der Waals surface area contributed by atoms with E-state index in [0.717, 1.165) is 36.9 Å². The molecule has 0 unspecified atom stereocenters. The normalized spacial score (nSPS) is 22.0. The second-order valence-electron chi connectivity index (χ2n) is 9.55. The zero-order chi connectivity index (χ0) is 25.2. The summed E-state index contributed by atoms with van der Waals surface area (Å²) in [5.41, 5.74) is 8.87. The van der Waals surface area contributed by atoms with Gasteiger partial charge in [-0.25, -0.2) is 18.7 Å². The third-order valence-corrected chi connectivity index (χ3v) is 6.87. The Balaban J connectivity index is 1.56. The van der Waals surface area contributed by atoms with Crippen molar-refractivity contribution >= 4 is 28.9 Å². The number of aryl methyl sites for hydroxylation is 2. The van der Waals surface area contributed by atoms with Crippen LogP contribution in [0.25, 0.3) is 0 Å². The maximum atomic E-state index is 13.6. The van der Waals surface area contributed by atoms with E-state index in [4.69, 9.17) is 5.73 Å². The number of nitrogens with zero attached hydrogens (tertiary/aromatic N) is 3. The Morgan fingerprint density at radius 2 is 1.86 bits per heavy atom. The average Bonchev–Trinajstić information content (AvgIpc) is 2.81. The van der Waals surface area contributed by atoms with Crippen LogP contribution < -0.4 is 21.3 Å². The third kappa shape index (κ3) is 5.98. The largest absolute Gasteiger partial charge is 0.393 e. The Morgan fingerprint density at radius 1 is 1.17 bits per heavy atom. The van der Waals surface area contributed by atoms with Crippen molar-refractivity contribution < 1.29 is 18.7 Å². The number of alkyl halides is 2. The molecule has 8 nitrogen and oxygen atoms in total. The number of primary amides is 1. The molecule has 2 aromatic rings. The minimum atomic E-state index is -2.59. The maximum absolute atomic E-state index is 13.6. The average molecular weight is 489 g/mol. The summed E-state index contributed by atoms with van der Waals surface area (Å²) in [6, 6.07) is 5.80. The van der Waals surface area contributed by atoms with Crippen molar-refractivity contribution in [2.45, 2.75) is 76.9 Å². The number of aliphatic hydroxyl groups is 1. The topological polar surface area (TPSA) is 116 Å². The molecule has 5 N–H and O–H groups in total. The summed E-state index contributed by atoms with van der Waals surface area (Å²) in [6.45, 7) is 4.49. The number of amides is 1. The lowest BCUT2D eigenvalue weighted by Crippen LogP contribution is -2.39. The number of benzene rings is 1. The molecule has 0 radical (unpaired) electrons. The van der Waals surface area contributed by atoms with E-state index in [9.17, 15) is 18.7 Å². The summed E-state index contributed by atoms with van der Waals surface area (Å²) in [5.74, 6) is -2.41. The molecule has 1 aliphatic heterocycles. The molecule has 0 spiro atoms. The standard InChI is InChI=1S/C25H34F2N6O2/c1-3-19-23(29-16-4-7-18(34)8-5-16)32-24(21(31-19)22(28)35)30-17-6-9-20(15(2)14-17)33-12-10-25(26,27)11-13-33/h6,9,14,16,18,34H,3-5,7-8,10-13H2,1-2H3,(H2,28,35)(H2,29,30,32). The van der Waals surface area contributed by atoms with Gasteiger partial charge in [0.2, 0.25) is 0 Å². The van der Waals surface area contributed by atoms with Crippen LogP contribution in [0.2, 0.25) is 0 Å². The van der Waals surface area contributed by atoms with Crippen molar-refractivity contribution in [1.29, 1.82) is 0 Å². The molecule has 2 heterocycles. The van der Waals surface area contributed by atoms with Crippen molar-refractivity contribution in [2.75, 3.05) is 28.6 Å². The molecule has 1 aromatic heterocycles. The van der Waals surface area contributed by atoms with E-state index in [1.54, 1.807) is 0 Å². The molecule has 1 aromatic carbocycles. The number of piperidine rings is 1. The fraction of sp³-hybridized carbons (Fsp3) is 0.560. The number of halogens is 2. The second-order valence-corrected chi connectivity index (χ2v) is 9.55. The number of hydrogen-bond acceptors (Lipinski definition) is 7. The predicted octanol–water partition coefficient (Wildman–Crippen LogP) is 4.14. The van der Waals surface area contributed by atoms with Crippen LogP contribution in [0.5, 0.6) is 0 Å². The highest BCUT2D eigenvalue weighted by molar-refractivity contribution is 5.96. The van der Waals surface area contributed by atoms with Gasteiger partial charge in [0, 0.05) is 43.3 Å². The van der Waals surface area contributed by atoms with Crippen molar-refractivity contribution in [3.05, 3.63) is 35.2 Å². The van der Waals surface area contributed by atoms with Gasteiger partial charge in [-0.05, 0) is 62.8 Å². The summed E-state index contributed by atoms with van der Waals surface area (Å²) >= 11 is 0. The number of nitrogens with one attached hydrogen (secondary N) is 2. The van der Waals surface area contributed by atoms with Gasteiger partial charge in [-0.2, -0.15) is 0 Å². The zero-order valence-electron chi connectivity index (χ0n) is 20.3. The Bertz CT molecular complexity index is 1060. The first kappa shape index (κ1) is 25.1. The molecule has 10 heteroatoms. The van der Waals surface area contributed by atoms with E-state index < -0.39 is 11.8 Å². The van der Waals surface area contributed by atoms with Gasteiger partial charge in [0.25, 0.3) is 11.8 Å². The lowest BCUT2D eigenvalue weighted by Gasteiger charge is -2.34. The number of anilines is 4. The van der Waals surface area contributed by atoms with Crippen LogP contribution in [0.4, 0.5) is 31.8 Å². The van der Waals surface area contributed by atoms with Gasteiger partial charge in [0.05, 0.1) is 11.8 Å². The first-order valence-electron chi connectivity index (χ1n) is 12.3. The van der Waals surface area contributed by atoms with Crippen molar-refractivity contribution in [3.63, 3.8) is 0 Å². The molecule has 2 aliphatic rings. The van der Waals surface area contributed by atoms with E-state index in [-0.39, 0.29) is 36.5 Å². The number of carbonyl (C=O) groups is 1. The molecular weight excluding hydrogens is 454 g/mol. The van der Waals surface area contributed by atoms with Gasteiger partial charge in [0.1, 0.15) is 5.82 Å². The van der Waals surface area contributed by atoms with Crippen molar-refractivity contribution in [2.24, 2.45) is 5.73 Å². The van der Waals surface area contributed by atoms with Crippen LogP contribution in [0.15, 0.2) is 18.2 Å². The molecule has 1 amide bonds. The van der Waals surface area contributed by atoms with E-state index in [1.807, 2.05) is 36.9 Å². The Labute approximate surface area is 204 Å². The number of hydrogen-bond donors (Lipinski definition) is 4. The van der Waals surface area contributed by atoms with Crippen LogP contribution in [-0.2, 0) is 6.42 Å². The minimum absolute atomic E-state index is 0.0615. The third-order valence-electron chi connectivity index (χ3n) is 6.87. The van der Waals surface area contributed by atoms with Crippen LogP contribution >= 0.6 is 0 Å². The fourth-order valence-electron chi connectivity index (χ4n) is 4.80. The minimum Gasteiger partial charge on any atom is -0.393 e.